The van der Waals surface area contributed by atoms with Crippen molar-refractivity contribution in [2.45, 2.75) is 69.2 Å². The Morgan fingerprint density at radius 1 is 1.27 bits per heavy atom. The first-order chi connectivity index (χ1) is 19.0. The molecule has 4 rings (SSSR count). The van der Waals surface area contributed by atoms with Crippen molar-refractivity contribution in [3.63, 3.8) is 0 Å². The first-order valence-corrected chi connectivity index (χ1v) is 15.2. The zero-order valence-electron chi connectivity index (χ0n) is 23.5. The fourth-order valence-corrected chi connectivity index (χ4v) is 6.16. The van der Waals surface area contributed by atoms with E-state index in [1.54, 1.807) is 36.9 Å². The lowest BCUT2D eigenvalue weighted by atomic mass is 9.96. The van der Waals surface area contributed by atoms with Crippen molar-refractivity contribution in [3.05, 3.63) is 36.3 Å². The summed E-state index contributed by atoms with van der Waals surface area (Å²) in [6, 6.07) is 4.03. The van der Waals surface area contributed by atoms with Gasteiger partial charge in [0.25, 0.3) is 15.9 Å². The van der Waals surface area contributed by atoms with Gasteiger partial charge in [-0.15, -0.1) is 0 Å². The van der Waals surface area contributed by atoms with Crippen LogP contribution in [0, 0.1) is 5.92 Å². The van der Waals surface area contributed by atoms with Gasteiger partial charge in [0.05, 0.1) is 31.1 Å². The minimum Gasteiger partial charge on any atom is -0.487 e. The summed E-state index contributed by atoms with van der Waals surface area (Å²) < 4.78 is 36.0. The van der Waals surface area contributed by atoms with Crippen molar-refractivity contribution < 1.29 is 27.9 Å². The number of amides is 3. The van der Waals surface area contributed by atoms with Crippen LogP contribution in [0.3, 0.4) is 0 Å². The number of hydrogen-bond acceptors (Lipinski definition) is 7. The molecule has 1 fully saturated rings. The minimum absolute atomic E-state index is 0.150. The molecule has 1 aliphatic heterocycles. The summed E-state index contributed by atoms with van der Waals surface area (Å²) in [5.74, 6) is -0.277. The Bertz CT molecular complexity index is 1310. The second-order valence-electron chi connectivity index (χ2n) is 11.0. The standard InChI is InChI=1S/C27H40N6O6S/c1-18-13-33(19(2)16-34)26(35)22-12-21(30-40(37,38)25-15-31(3)17-28-25)10-11-23(22)39-24(18)14-32(4)27(36)29-20-8-6-5-7-9-20/h10-12,15,17-20,24,30,34H,5-9,13-14,16H2,1-4H3,(H,29,36)/t18-,19+,24-/m1/s1. The molecule has 40 heavy (non-hydrogen) atoms. The summed E-state index contributed by atoms with van der Waals surface area (Å²) in [4.78, 5) is 33.7. The van der Waals surface area contributed by atoms with E-state index in [0.29, 0.717) is 0 Å². The van der Waals surface area contributed by atoms with Gasteiger partial charge in [0.2, 0.25) is 0 Å². The molecular formula is C27H40N6O6S. The molecule has 3 amide bonds. The number of fused-ring (bicyclic) bond motifs is 1. The number of carbonyl (C=O) groups excluding carboxylic acids is 2. The zero-order valence-corrected chi connectivity index (χ0v) is 24.4. The van der Waals surface area contributed by atoms with Gasteiger partial charge in [0.1, 0.15) is 11.9 Å². The molecule has 1 aliphatic carbocycles. The molecular weight excluding hydrogens is 536 g/mol. The molecule has 1 aromatic heterocycles. The number of hydrogen-bond donors (Lipinski definition) is 3. The third-order valence-corrected chi connectivity index (χ3v) is 8.87. The molecule has 2 heterocycles. The first-order valence-electron chi connectivity index (χ1n) is 13.7. The fraction of sp³-hybridized carbons (Fsp3) is 0.593. The Morgan fingerprint density at radius 3 is 2.65 bits per heavy atom. The van der Waals surface area contributed by atoms with Gasteiger partial charge in [-0.25, -0.2) is 9.78 Å². The molecule has 2 aliphatic rings. The Kier molecular flexibility index (Phi) is 9.24. The summed E-state index contributed by atoms with van der Waals surface area (Å²) in [6.07, 6.45) is 7.68. The average Bonchev–Trinajstić information content (AvgIpc) is 3.38. The monoisotopic (exact) mass is 576 g/mol. The van der Waals surface area contributed by atoms with Crippen LogP contribution in [0.1, 0.15) is 56.3 Å². The second kappa shape index (κ2) is 12.5. The van der Waals surface area contributed by atoms with Gasteiger partial charge in [-0.2, -0.15) is 8.42 Å². The van der Waals surface area contributed by atoms with Crippen molar-refractivity contribution >= 4 is 27.6 Å². The number of aryl methyl sites for hydroxylation is 1. The van der Waals surface area contributed by atoms with Gasteiger partial charge < -0.3 is 29.5 Å². The normalized spacial score (nSPS) is 21.0. The number of aromatic nitrogens is 2. The number of aliphatic hydroxyl groups is 1. The maximum atomic E-state index is 13.7. The van der Waals surface area contributed by atoms with Gasteiger partial charge in [-0.05, 0) is 38.0 Å². The number of benzene rings is 1. The van der Waals surface area contributed by atoms with Crippen molar-refractivity contribution in [1.29, 1.82) is 0 Å². The lowest BCUT2D eigenvalue weighted by Crippen LogP contribution is -2.52. The van der Waals surface area contributed by atoms with Crippen LogP contribution >= 0.6 is 0 Å². The molecule has 1 saturated carbocycles. The van der Waals surface area contributed by atoms with Crippen LogP contribution in [0.25, 0.3) is 0 Å². The van der Waals surface area contributed by atoms with Crippen LogP contribution in [0.5, 0.6) is 5.75 Å². The SMILES string of the molecule is C[C@@H]1CN([C@@H](C)CO)C(=O)c2cc(NS(=O)(=O)c3cn(C)cn3)ccc2O[C@@H]1CN(C)C(=O)NC1CCCCC1. The van der Waals surface area contributed by atoms with Gasteiger partial charge >= 0.3 is 6.03 Å². The molecule has 1 aromatic carbocycles. The van der Waals surface area contributed by atoms with E-state index in [2.05, 4.69) is 15.0 Å². The maximum absolute atomic E-state index is 13.7. The third-order valence-electron chi connectivity index (χ3n) is 7.61. The zero-order chi connectivity index (χ0) is 29.0. The molecule has 0 unspecified atom stereocenters. The smallest absolute Gasteiger partial charge is 0.317 e. The number of urea groups is 1. The highest BCUT2D eigenvalue weighted by molar-refractivity contribution is 7.92. The van der Waals surface area contributed by atoms with Crippen molar-refractivity contribution in [3.8, 4) is 5.75 Å². The molecule has 0 spiro atoms. The van der Waals surface area contributed by atoms with Crippen LogP contribution < -0.4 is 14.8 Å². The largest absolute Gasteiger partial charge is 0.487 e. The number of sulfonamides is 1. The van der Waals surface area contributed by atoms with Crippen LogP contribution in [0.15, 0.2) is 35.7 Å². The minimum atomic E-state index is -3.98. The molecule has 0 bridgehead atoms. The van der Waals surface area contributed by atoms with Gasteiger partial charge in [0.15, 0.2) is 5.03 Å². The summed E-state index contributed by atoms with van der Waals surface area (Å²) in [5, 5.41) is 12.9. The third kappa shape index (κ3) is 6.87. The van der Waals surface area contributed by atoms with E-state index >= 15 is 0 Å². The summed E-state index contributed by atoms with van der Waals surface area (Å²) in [7, 11) is -0.593. The van der Waals surface area contributed by atoms with E-state index in [1.807, 2.05) is 6.92 Å². The number of ether oxygens (including phenoxy) is 1. The highest BCUT2D eigenvalue weighted by atomic mass is 32.2. The van der Waals surface area contributed by atoms with Gasteiger partial charge in [0, 0.05) is 44.5 Å². The Morgan fingerprint density at radius 2 is 2.00 bits per heavy atom. The van der Waals surface area contributed by atoms with Crippen LogP contribution in [0.4, 0.5) is 10.5 Å². The predicted octanol–water partition coefficient (Wildman–Crippen LogP) is 2.42. The highest BCUT2D eigenvalue weighted by Gasteiger charge is 2.34. The number of nitrogens with zero attached hydrogens (tertiary/aromatic N) is 4. The number of nitrogens with one attached hydrogen (secondary N) is 2. The van der Waals surface area contributed by atoms with Crippen LogP contribution in [-0.2, 0) is 17.1 Å². The number of likely N-dealkylation sites (N-methyl/N-ethyl adjacent to an activating group) is 1. The molecule has 0 saturated heterocycles. The molecule has 3 atom stereocenters. The van der Waals surface area contributed by atoms with Crippen LogP contribution in [0.2, 0.25) is 0 Å². The Labute approximate surface area is 235 Å². The number of anilines is 1. The number of carbonyl (C=O) groups is 2. The van der Waals surface area contributed by atoms with E-state index in [-0.39, 0.29) is 65.6 Å². The van der Waals surface area contributed by atoms with E-state index in [0.717, 1.165) is 25.7 Å². The van der Waals surface area contributed by atoms with Gasteiger partial charge in [-0.1, -0.05) is 26.2 Å². The van der Waals surface area contributed by atoms with E-state index in [1.165, 1.54) is 35.6 Å². The summed E-state index contributed by atoms with van der Waals surface area (Å²) in [6.45, 7) is 4.02. The summed E-state index contributed by atoms with van der Waals surface area (Å²) >= 11 is 0. The topological polar surface area (TPSA) is 146 Å². The first kappa shape index (κ1) is 29.7. The summed E-state index contributed by atoms with van der Waals surface area (Å²) in [5.41, 5.74) is 0.333. The highest BCUT2D eigenvalue weighted by Crippen LogP contribution is 2.31. The molecule has 13 heteroatoms. The van der Waals surface area contributed by atoms with Gasteiger partial charge in [-0.3, -0.25) is 9.52 Å². The number of aliphatic hydroxyl groups excluding tert-OH is 1. The molecule has 220 valence electrons. The Balaban J connectivity index is 1.59. The lowest BCUT2D eigenvalue weighted by molar-refractivity contribution is 0.0366. The van der Waals surface area contributed by atoms with Crippen LogP contribution in [-0.4, -0.2) is 89.7 Å². The van der Waals surface area contributed by atoms with Crippen molar-refractivity contribution in [2.24, 2.45) is 13.0 Å². The van der Waals surface area contributed by atoms with Crippen molar-refractivity contribution in [1.82, 2.24) is 24.7 Å². The lowest BCUT2D eigenvalue weighted by Gasteiger charge is -2.38. The molecule has 0 radical (unpaired) electrons. The second-order valence-corrected chi connectivity index (χ2v) is 12.6. The number of imidazole rings is 1. The maximum Gasteiger partial charge on any atom is 0.317 e. The van der Waals surface area contributed by atoms with E-state index in [4.69, 9.17) is 4.74 Å². The fourth-order valence-electron chi connectivity index (χ4n) is 5.12. The average molecular weight is 577 g/mol. The Hall–Kier alpha value is -3.32. The predicted molar refractivity (Wildman–Crippen MR) is 150 cm³/mol. The van der Waals surface area contributed by atoms with E-state index < -0.39 is 22.2 Å². The number of rotatable bonds is 8. The molecule has 12 nitrogen and oxygen atoms in total. The van der Waals surface area contributed by atoms with E-state index in [9.17, 15) is 23.1 Å². The molecule has 3 N–H and O–H groups in total. The molecule has 2 aromatic rings. The van der Waals surface area contributed by atoms with Crippen molar-refractivity contribution in [2.75, 3.05) is 31.5 Å². The quantitative estimate of drug-likeness (QED) is 0.437.